The fourth-order valence-electron chi connectivity index (χ4n) is 3.07. The third-order valence-corrected chi connectivity index (χ3v) is 4.54. The van der Waals surface area contributed by atoms with Crippen molar-refractivity contribution >= 4 is 10.9 Å². The van der Waals surface area contributed by atoms with Crippen LogP contribution < -0.4 is 4.74 Å². The first-order valence-corrected chi connectivity index (χ1v) is 8.37. The van der Waals surface area contributed by atoms with Crippen molar-refractivity contribution < 1.29 is 9.84 Å². The molecule has 0 saturated heterocycles. The first-order valence-electron chi connectivity index (χ1n) is 8.37. The molecule has 0 fully saturated rings. The van der Waals surface area contributed by atoms with E-state index in [-0.39, 0.29) is 0 Å². The number of hydrogen-bond acceptors (Lipinski definition) is 4. The van der Waals surface area contributed by atoms with Crippen molar-refractivity contribution in [1.29, 1.82) is 0 Å². The third kappa shape index (κ3) is 2.72. The highest BCUT2D eigenvalue weighted by Gasteiger charge is 2.30. The molecule has 0 saturated carbocycles. The highest BCUT2D eigenvalue weighted by atomic mass is 16.5. The van der Waals surface area contributed by atoms with Gasteiger partial charge in [0.25, 0.3) is 0 Å². The first-order chi connectivity index (χ1) is 12.6. The number of hydrogen-bond donors (Lipinski definition) is 1. The maximum absolute atomic E-state index is 11.4. The molecule has 4 rings (SSSR count). The Hall–Kier alpha value is -3.18. The normalized spacial score (nSPS) is 13.5. The molecule has 1 atom stereocenters. The van der Waals surface area contributed by atoms with Crippen LogP contribution in [0.1, 0.15) is 18.2 Å². The van der Waals surface area contributed by atoms with Crippen molar-refractivity contribution in [3.05, 3.63) is 84.3 Å². The number of fused-ring (bicyclic) bond motifs is 1. The van der Waals surface area contributed by atoms with Crippen LogP contribution in [0.4, 0.5) is 0 Å². The highest BCUT2D eigenvalue weighted by Crippen LogP contribution is 2.33. The van der Waals surface area contributed by atoms with E-state index in [0.717, 1.165) is 22.2 Å². The van der Waals surface area contributed by atoms with Crippen LogP contribution in [0.3, 0.4) is 0 Å². The lowest BCUT2D eigenvalue weighted by atomic mass is 9.90. The van der Waals surface area contributed by atoms with Crippen molar-refractivity contribution in [2.24, 2.45) is 0 Å². The molecular formula is C21H19N3O2. The number of aliphatic hydroxyl groups is 1. The van der Waals surface area contributed by atoms with Crippen LogP contribution in [-0.4, -0.2) is 26.8 Å². The van der Waals surface area contributed by atoms with E-state index in [9.17, 15) is 5.11 Å². The molecule has 26 heavy (non-hydrogen) atoms. The van der Waals surface area contributed by atoms with Crippen LogP contribution in [0.2, 0.25) is 0 Å². The second-order valence-electron chi connectivity index (χ2n) is 6.28. The Morgan fingerprint density at radius 3 is 2.31 bits per heavy atom. The molecule has 0 spiro atoms. The summed E-state index contributed by atoms with van der Waals surface area (Å²) in [7, 11) is 1.62. The molecule has 2 aromatic heterocycles. The van der Waals surface area contributed by atoms with Gasteiger partial charge in [0.05, 0.1) is 18.3 Å². The van der Waals surface area contributed by atoms with Gasteiger partial charge in [-0.05, 0) is 42.8 Å². The van der Waals surface area contributed by atoms with E-state index in [0.29, 0.717) is 11.6 Å². The van der Waals surface area contributed by atoms with Crippen LogP contribution in [0, 0.1) is 0 Å². The molecule has 1 unspecified atom stereocenters. The number of benzene rings is 2. The lowest BCUT2D eigenvalue weighted by Gasteiger charge is -2.25. The summed E-state index contributed by atoms with van der Waals surface area (Å²) in [4.78, 5) is 9.34. The molecule has 2 heterocycles. The third-order valence-electron chi connectivity index (χ3n) is 4.54. The fraction of sp³-hybridized carbons (Fsp3) is 0.143. The summed E-state index contributed by atoms with van der Waals surface area (Å²) >= 11 is 0. The van der Waals surface area contributed by atoms with Crippen molar-refractivity contribution in [3.8, 4) is 11.7 Å². The SMILES string of the molecule is COc1ccc(C(C)(O)c2nc(-n3cccc3)nc3ccccc23)cc1. The summed E-state index contributed by atoms with van der Waals surface area (Å²) in [5, 5.41) is 12.2. The molecule has 0 amide bonds. The Morgan fingerprint density at radius 2 is 1.62 bits per heavy atom. The zero-order valence-corrected chi connectivity index (χ0v) is 14.6. The zero-order valence-electron chi connectivity index (χ0n) is 14.6. The molecule has 5 nitrogen and oxygen atoms in total. The van der Waals surface area contributed by atoms with E-state index in [1.54, 1.807) is 14.0 Å². The zero-order chi connectivity index (χ0) is 18.1. The predicted octanol–water partition coefficient (Wildman–Crippen LogP) is 3.68. The largest absolute Gasteiger partial charge is 0.497 e. The molecule has 2 aromatic carbocycles. The molecule has 130 valence electrons. The summed E-state index contributed by atoms with van der Waals surface area (Å²) in [6.45, 7) is 1.75. The summed E-state index contributed by atoms with van der Waals surface area (Å²) in [6.07, 6.45) is 3.77. The van der Waals surface area contributed by atoms with E-state index >= 15 is 0 Å². The summed E-state index contributed by atoms with van der Waals surface area (Å²) in [5.41, 5.74) is 0.809. The molecule has 4 aromatic rings. The van der Waals surface area contributed by atoms with E-state index in [1.807, 2.05) is 77.6 Å². The van der Waals surface area contributed by atoms with Crippen molar-refractivity contribution in [2.45, 2.75) is 12.5 Å². The van der Waals surface area contributed by atoms with Crippen molar-refractivity contribution in [3.63, 3.8) is 0 Å². The monoisotopic (exact) mass is 345 g/mol. The van der Waals surface area contributed by atoms with Gasteiger partial charge in [0.15, 0.2) is 0 Å². The fourth-order valence-corrected chi connectivity index (χ4v) is 3.07. The summed E-state index contributed by atoms with van der Waals surface area (Å²) in [6, 6.07) is 18.9. The number of rotatable bonds is 4. The van der Waals surface area contributed by atoms with Crippen LogP contribution in [0.25, 0.3) is 16.9 Å². The minimum Gasteiger partial charge on any atom is -0.497 e. The quantitative estimate of drug-likeness (QED) is 0.613. The Kier molecular flexibility index (Phi) is 3.93. The molecular weight excluding hydrogens is 326 g/mol. The van der Waals surface area contributed by atoms with E-state index in [4.69, 9.17) is 9.72 Å². The van der Waals surface area contributed by atoms with Gasteiger partial charge in [-0.25, -0.2) is 9.97 Å². The summed E-state index contributed by atoms with van der Waals surface area (Å²) in [5.74, 6) is 1.27. The molecule has 5 heteroatoms. The Labute approximate surface area is 151 Å². The lowest BCUT2D eigenvalue weighted by molar-refractivity contribution is 0.0989. The first kappa shape index (κ1) is 16.3. The molecule has 1 N–H and O–H groups in total. The average Bonchev–Trinajstić information content (AvgIpc) is 3.22. The minimum atomic E-state index is -1.28. The average molecular weight is 345 g/mol. The van der Waals surface area contributed by atoms with E-state index in [1.165, 1.54) is 0 Å². The van der Waals surface area contributed by atoms with E-state index in [2.05, 4.69) is 4.98 Å². The number of aromatic nitrogens is 3. The van der Waals surface area contributed by atoms with Gasteiger partial charge in [-0.3, -0.25) is 4.57 Å². The minimum absolute atomic E-state index is 0.525. The highest BCUT2D eigenvalue weighted by molar-refractivity contribution is 5.82. The second kappa shape index (κ2) is 6.28. The lowest BCUT2D eigenvalue weighted by Crippen LogP contribution is -2.25. The molecule has 0 aliphatic heterocycles. The van der Waals surface area contributed by atoms with Gasteiger partial charge >= 0.3 is 0 Å². The predicted molar refractivity (Wildman–Crippen MR) is 101 cm³/mol. The summed E-state index contributed by atoms with van der Waals surface area (Å²) < 4.78 is 7.05. The molecule has 0 aliphatic carbocycles. The number of ether oxygens (including phenoxy) is 1. The maximum Gasteiger partial charge on any atom is 0.234 e. The van der Waals surface area contributed by atoms with E-state index < -0.39 is 5.60 Å². The van der Waals surface area contributed by atoms with Gasteiger partial charge in [0.1, 0.15) is 11.4 Å². The van der Waals surface area contributed by atoms with Crippen LogP contribution in [-0.2, 0) is 5.60 Å². The van der Waals surface area contributed by atoms with Gasteiger partial charge in [0, 0.05) is 17.8 Å². The van der Waals surface area contributed by atoms with Gasteiger partial charge < -0.3 is 9.84 Å². The van der Waals surface area contributed by atoms with Crippen molar-refractivity contribution in [1.82, 2.24) is 14.5 Å². The topological polar surface area (TPSA) is 60.2 Å². The standard InChI is InChI=1S/C21H19N3O2/c1-21(25,15-9-11-16(26-2)12-10-15)19-17-7-3-4-8-18(17)22-20(23-19)24-13-5-6-14-24/h3-14,25H,1-2H3. The Morgan fingerprint density at radius 1 is 0.923 bits per heavy atom. The van der Waals surface area contributed by atoms with Gasteiger partial charge in [-0.2, -0.15) is 0 Å². The van der Waals surface area contributed by atoms with Gasteiger partial charge in [0.2, 0.25) is 5.95 Å². The van der Waals surface area contributed by atoms with Crippen molar-refractivity contribution in [2.75, 3.05) is 7.11 Å². The van der Waals surface area contributed by atoms with Crippen LogP contribution >= 0.6 is 0 Å². The maximum atomic E-state index is 11.4. The number of nitrogens with zero attached hydrogens (tertiary/aromatic N) is 3. The molecule has 0 bridgehead atoms. The van der Waals surface area contributed by atoms with Crippen LogP contribution in [0.5, 0.6) is 5.75 Å². The number of para-hydroxylation sites is 1. The molecule has 0 radical (unpaired) electrons. The van der Waals surface area contributed by atoms with Crippen LogP contribution in [0.15, 0.2) is 73.1 Å². The van der Waals surface area contributed by atoms with Gasteiger partial charge in [-0.15, -0.1) is 0 Å². The number of methoxy groups -OCH3 is 1. The Bertz CT molecular complexity index is 1040. The second-order valence-corrected chi connectivity index (χ2v) is 6.28. The Balaban J connectivity index is 1.93. The smallest absolute Gasteiger partial charge is 0.234 e. The molecule has 0 aliphatic rings. The van der Waals surface area contributed by atoms with Gasteiger partial charge in [-0.1, -0.05) is 30.3 Å².